The molecule has 1 N–H and O–H groups in total. The van der Waals surface area contributed by atoms with Gasteiger partial charge in [0.2, 0.25) is 5.71 Å². The van der Waals surface area contributed by atoms with E-state index < -0.39 is 11.7 Å². The van der Waals surface area contributed by atoms with Crippen molar-refractivity contribution in [2.24, 2.45) is 5.10 Å². The number of halogens is 3. The Morgan fingerprint density at radius 1 is 1.42 bits per heavy atom. The number of hydrazone groups is 1. The van der Waals surface area contributed by atoms with Gasteiger partial charge in [0.05, 0.1) is 27.4 Å². The zero-order valence-corrected chi connectivity index (χ0v) is 12.0. The van der Waals surface area contributed by atoms with Crippen molar-refractivity contribution in [3.05, 3.63) is 27.2 Å². The number of carbonyl (C=O) groups is 1. The maximum Gasteiger partial charge on any atom is 0.369 e. The minimum absolute atomic E-state index is 0.151. The van der Waals surface area contributed by atoms with Crippen LogP contribution >= 0.6 is 34.8 Å². The lowest BCUT2D eigenvalue weighted by atomic mass is 10.3. The molecule has 1 aromatic carbocycles. The molecular formula is C11H8Cl3N3O2. The first-order chi connectivity index (χ1) is 8.99. The Morgan fingerprint density at radius 2 is 2.00 bits per heavy atom. The predicted molar refractivity (Wildman–Crippen MR) is 74.8 cm³/mol. The van der Waals surface area contributed by atoms with Gasteiger partial charge in [-0.1, -0.05) is 34.8 Å². The predicted octanol–water partition coefficient (Wildman–Crippen LogP) is 3.50. The highest BCUT2D eigenvalue weighted by Gasteiger charge is 2.12. The Hall–Kier alpha value is -1.48. The molecule has 0 saturated heterocycles. The van der Waals surface area contributed by atoms with E-state index in [-0.39, 0.29) is 21.7 Å². The summed E-state index contributed by atoms with van der Waals surface area (Å²) in [6, 6.07) is 4.53. The number of carbonyl (C=O) groups excluding carboxylic acids is 1. The van der Waals surface area contributed by atoms with Gasteiger partial charge in [-0.25, -0.2) is 4.79 Å². The molecule has 0 unspecified atom stereocenters. The number of benzene rings is 1. The van der Waals surface area contributed by atoms with E-state index in [1.165, 1.54) is 12.1 Å². The summed E-state index contributed by atoms with van der Waals surface area (Å²) in [6.45, 7) is 1.77. The number of esters is 1. The van der Waals surface area contributed by atoms with Gasteiger partial charge in [0.15, 0.2) is 0 Å². The molecule has 0 fully saturated rings. The first kappa shape index (κ1) is 15.6. The second-order valence-corrected chi connectivity index (χ2v) is 4.35. The van der Waals surface area contributed by atoms with E-state index >= 15 is 0 Å². The van der Waals surface area contributed by atoms with Crippen LogP contribution in [0.3, 0.4) is 0 Å². The lowest BCUT2D eigenvalue weighted by Gasteiger charge is -2.05. The van der Waals surface area contributed by atoms with Gasteiger partial charge in [-0.15, -0.1) is 0 Å². The highest BCUT2D eigenvalue weighted by atomic mass is 35.5. The standard InChI is InChI=1S/C11H8Cl3N3O2/c1-2-19-11(18)9(5-15)17-16-6-3-7(12)10(14)8(13)4-6/h3-4,16H,2H2,1H3/b17-9-. The van der Waals surface area contributed by atoms with Gasteiger partial charge < -0.3 is 4.74 Å². The van der Waals surface area contributed by atoms with Crippen molar-refractivity contribution in [1.82, 2.24) is 0 Å². The van der Waals surface area contributed by atoms with Gasteiger partial charge in [0.25, 0.3) is 0 Å². The zero-order chi connectivity index (χ0) is 14.4. The molecule has 1 aromatic rings. The van der Waals surface area contributed by atoms with Crippen molar-refractivity contribution >= 4 is 52.2 Å². The van der Waals surface area contributed by atoms with E-state index in [4.69, 9.17) is 40.1 Å². The van der Waals surface area contributed by atoms with Crippen LogP contribution in [0.4, 0.5) is 5.69 Å². The number of nitrogens with one attached hydrogen (secondary N) is 1. The Labute approximate surface area is 124 Å². The Morgan fingerprint density at radius 3 is 2.47 bits per heavy atom. The molecule has 0 spiro atoms. The molecule has 5 nitrogen and oxygen atoms in total. The van der Waals surface area contributed by atoms with Gasteiger partial charge in [-0.3, -0.25) is 5.43 Å². The number of nitriles is 1. The average molecular weight is 321 g/mol. The highest BCUT2D eigenvalue weighted by Crippen LogP contribution is 2.33. The number of rotatable bonds is 4. The molecule has 19 heavy (non-hydrogen) atoms. The molecule has 0 amide bonds. The molecule has 0 atom stereocenters. The molecule has 0 aliphatic carbocycles. The maximum atomic E-state index is 11.3. The molecule has 0 aliphatic rings. The normalized spacial score (nSPS) is 10.8. The first-order valence-corrected chi connectivity index (χ1v) is 6.18. The van der Waals surface area contributed by atoms with Crippen molar-refractivity contribution in [2.75, 3.05) is 12.0 Å². The number of nitrogens with zero attached hydrogens (tertiary/aromatic N) is 2. The van der Waals surface area contributed by atoms with E-state index in [0.29, 0.717) is 5.69 Å². The third-order valence-corrected chi connectivity index (χ3v) is 3.05. The van der Waals surface area contributed by atoms with Crippen LogP contribution in [-0.4, -0.2) is 18.3 Å². The molecule has 0 heterocycles. The van der Waals surface area contributed by atoms with E-state index in [2.05, 4.69) is 15.3 Å². The number of anilines is 1. The smallest absolute Gasteiger partial charge is 0.369 e. The summed E-state index contributed by atoms with van der Waals surface area (Å²) in [6.07, 6.45) is 0. The summed E-state index contributed by atoms with van der Waals surface area (Å²) >= 11 is 17.4. The van der Waals surface area contributed by atoms with Gasteiger partial charge in [-0.2, -0.15) is 10.4 Å². The molecule has 100 valence electrons. The third-order valence-electron chi connectivity index (χ3n) is 1.86. The Bertz CT molecular complexity index is 544. The van der Waals surface area contributed by atoms with E-state index in [1.54, 1.807) is 13.0 Å². The molecule has 0 radical (unpaired) electrons. The fourth-order valence-electron chi connectivity index (χ4n) is 1.06. The summed E-state index contributed by atoms with van der Waals surface area (Å²) in [5.74, 6) is -0.816. The number of ether oxygens (including phenoxy) is 1. The third kappa shape index (κ3) is 4.28. The Balaban J connectivity index is 2.91. The Kier molecular flexibility index (Phi) is 5.90. The monoisotopic (exact) mass is 319 g/mol. The van der Waals surface area contributed by atoms with Crippen LogP contribution in [0.25, 0.3) is 0 Å². The van der Waals surface area contributed by atoms with Crippen LogP contribution in [-0.2, 0) is 9.53 Å². The van der Waals surface area contributed by atoms with Crippen LogP contribution in [0.5, 0.6) is 0 Å². The summed E-state index contributed by atoms with van der Waals surface area (Å²) in [4.78, 5) is 11.3. The van der Waals surface area contributed by atoms with Crippen LogP contribution < -0.4 is 5.43 Å². The SMILES string of the molecule is CCOC(=O)/C(C#N)=N\Nc1cc(Cl)c(Cl)c(Cl)c1. The molecule has 8 heteroatoms. The van der Waals surface area contributed by atoms with Gasteiger partial charge in [0, 0.05) is 0 Å². The molecule has 0 bridgehead atoms. The topological polar surface area (TPSA) is 74.5 Å². The second-order valence-electron chi connectivity index (χ2n) is 3.16. The first-order valence-electron chi connectivity index (χ1n) is 5.05. The second kappa shape index (κ2) is 7.19. The van der Waals surface area contributed by atoms with Crippen LogP contribution in [0.2, 0.25) is 15.1 Å². The van der Waals surface area contributed by atoms with Crippen molar-refractivity contribution in [1.29, 1.82) is 5.26 Å². The lowest BCUT2D eigenvalue weighted by molar-refractivity contribution is -0.134. The quantitative estimate of drug-likeness (QED) is 0.399. The molecule has 0 aliphatic heterocycles. The van der Waals surface area contributed by atoms with E-state index in [0.717, 1.165) is 0 Å². The van der Waals surface area contributed by atoms with Crippen molar-refractivity contribution < 1.29 is 9.53 Å². The molecule has 1 rings (SSSR count). The van der Waals surface area contributed by atoms with E-state index in [9.17, 15) is 4.79 Å². The molecular weight excluding hydrogens is 312 g/mol. The lowest BCUT2D eigenvalue weighted by Crippen LogP contribution is -2.17. The summed E-state index contributed by atoms with van der Waals surface area (Å²) in [7, 11) is 0. The van der Waals surface area contributed by atoms with Gasteiger partial charge in [-0.05, 0) is 19.1 Å². The van der Waals surface area contributed by atoms with Gasteiger partial charge >= 0.3 is 5.97 Å². The average Bonchev–Trinajstić information content (AvgIpc) is 2.37. The van der Waals surface area contributed by atoms with Crippen LogP contribution in [0.15, 0.2) is 17.2 Å². The highest BCUT2D eigenvalue weighted by molar-refractivity contribution is 6.48. The number of hydrogen-bond acceptors (Lipinski definition) is 5. The van der Waals surface area contributed by atoms with Gasteiger partial charge in [0.1, 0.15) is 6.07 Å². The summed E-state index contributed by atoms with van der Waals surface area (Å²) < 4.78 is 4.64. The molecule has 0 aromatic heterocycles. The maximum absolute atomic E-state index is 11.3. The molecule has 0 saturated carbocycles. The zero-order valence-electron chi connectivity index (χ0n) is 9.71. The van der Waals surface area contributed by atoms with Crippen LogP contribution in [0, 0.1) is 11.3 Å². The van der Waals surface area contributed by atoms with E-state index in [1.807, 2.05) is 0 Å². The van der Waals surface area contributed by atoms with Crippen LogP contribution in [0.1, 0.15) is 6.92 Å². The minimum atomic E-state index is -0.816. The summed E-state index contributed by atoms with van der Waals surface area (Å²) in [5.41, 5.74) is 2.45. The fraction of sp³-hybridized carbons (Fsp3) is 0.182. The number of hydrogen-bond donors (Lipinski definition) is 1. The largest absolute Gasteiger partial charge is 0.461 e. The van der Waals surface area contributed by atoms with Crippen molar-refractivity contribution in [3.8, 4) is 6.07 Å². The van der Waals surface area contributed by atoms with Crippen molar-refractivity contribution in [2.45, 2.75) is 6.92 Å². The van der Waals surface area contributed by atoms with Crippen molar-refractivity contribution in [3.63, 3.8) is 0 Å². The fourth-order valence-corrected chi connectivity index (χ4v) is 1.65. The summed E-state index contributed by atoms with van der Waals surface area (Å²) in [5, 5.41) is 13.0. The minimum Gasteiger partial charge on any atom is -0.461 e.